The SMILES string of the molecule is C/C=C\c1cnc2c(C)cccn2c1=O. The van der Waals surface area contributed by atoms with Gasteiger partial charge in [-0.05, 0) is 25.5 Å². The molecule has 2 aromatic rings. The Kier molecular flexibility index (Phi) is 2.37. The summed E-state index contributed by atoms with van der Waals surface area (Å²) >= 11 is 0. The molecular weight excluding hydrogens is 188 g/mol. The molecule has 76 valence electrons. The summed E-state index contributed by atoms with van der Waals surface area (Å²) in [5, 5.41) is 0. The van der Waals surface area contributed by atoms with Crippen molar-refractivity contribution in [2.75, 3.05) is 0 Å². The van der Waals surface area contributed by atoms with E-state index in [1.807, 2.05) is 32.1 Å². The van der Waals surface area contributed by atoms with Crippen molar-refractivity contribution in [3.63, 3.8) is 0 Å². The predicted molar refractivity (Wildman–Crippen MR) is 60.9 cm³/mol. The Morgan fingerprint density at radius 1 is 1.47 bits per heavy atom. The number of aryl methyl sites for hydroxylation is 1. The molecule has 15 heavy (non-hydrogen) atoms. The van der Waals surface area contributed by atoms with Gasteiger partial charge in [-0.1, -0.05) is 18.2 Å². The standard InChI is InChI=1S/C12H12N2O/c1-3-5-10-8-13-11-9(2)6-4-7-14(11)12(10)15/h3-8H,1-2H3/b5-3-. The van der Waals surface area contributed by atoms with E-state index >= 15 is 0 Å². The topological polar surface area (TPSA) is 34.4 Å². The van der Waals surface area contributed by atoms with Crippen molar-refractivity contribution in [2.24, 2.45) is 0 Å². The summed E-state index contributed by atoms with van der Waals surface area (Å²) in [4.78, 5) is 16.2. The van der Waals surface area contributed by atoms with Crippen LogP contribution >= 0.6 is 0 Å². The van der Waals surface area contributed by atoms with Crippen molar-refractivity contribution in [3.8, 4) is 0 Å². The lowest BCUT2D eigenvalue weighted by Crippen LogP contribution is -2.17. The predicted octanol–water partition coefficient (Wildman–Crippen LogP) is 2.04. The van der Waals surface area contributed by atoms with Crippen molar-refractivity contribution in [2.45, 2.75) is 13.8 Å². The summed E-state index contributed by atoms with van der Waals surface area (Å²) < 4.78 is 1.57. The molecule has 0 fully saturated rings. The molecule has 0 N–H and O–H groups in total. The Bertz CT molecular complexity index is 582. The van der Waals surface area contributed by atoms with Gasteiger partial charge >= 0.3 is 0 Å². The second kappa shape index (κ2) is 3.69. The number of aromatic nitrogens is 2. The van der Waals surface area contributed by atoms with E-state index < -0.39 is 0 Å². The number of hydrogen-bond donors (Lipinski definition) is 0. The molecule has 0 aliphatic rings. The summed E-state index contributed by atoms with van der Waals surface area (Å²) in [6.07, 6.45) is 6.96. The molecule has 2 heterocycles. The summed E-state index contributed by atoms with van der Waals surface area (Å²) in [6, 6.07) is 3.79. The number of allylic oxidation sites excluding steroid dienone is 1. The summed E-state index contributed by atoms with van der Waals surface area (Å²) in [7, 11) is 0. The van der Waals surface area contributed by atoms with Gasteiger partial charge in [0.1, 0.15) is 5.65 Å². The highest BCUT2D eigenvalue weighted by molar-refractivity contribution is 5.52. The van der Waals surface area contributed by atoms with Crippen LogP contribution in [0.25, 0.3) is 11.7 Å². The molecule has 0 aliphatic carbocycles. The molecule has 0 saturated carbocycles. The zero-order chi connectivity index (χ0) is 10.8. The summed E-state index contributed by atoms with van der Waals surface area (Å²) in [5.74, 6) is 0. The average Bonchev–Trinajstić information content (AvgIpc) is 2.23. The van der Waals surface area contributed by atoms with E-state index in [2.05, 4.69) is 4.98 Å². The number of fused-ring (bicyclic) bond motifs is 1. The van der Waals surface area contributed by atoms with Crippen molar-refractivity contribution in [1.82, 2.24) is 9.38 Å². The first-order valence-corrected chi connectivity index (χ1v) is 4.83. The normalized spacial score (nSPS) is 11.3. The summed E-state index contributed by atoms with van der Waals surface area (Å²) in [6.45, 7) is 3.82. The average molecular weight is 200 g/mol. The highest BCUT2D eigenvalue weighted by Gasteiger charge is 2.02. The van der Waals surface area contributed by atoms with Gasteiger partial charge in [0.2, 0.25) is 0 Å². The molecule has 2 rings (SSSR count). The van der Waals surface area contributed by atoms with Crippen LogP contribution in [-0.4, -0.2) is 9.38 Å². The molecule has 2 aromatic heterocycles. The van der Waals surface area contributed by atoms with Gasteiger partial charge in [-0.25, -0.2) is 4.98 Å². The lowest BCUT2D eigenvalue weighted by molar-refractivity contribution is 1.02. The third kappa shape index (κ3) is 1.56. The maximum atomic E-state index is 11.9. The number of hydrogen-bond acceptors (Lipinski definition) is 2. The first-order valence-electron chi connectivity index (χ1n) is 4.83. The van der Waals surface area contributed by atoms with Crippen LogP contribution < -0.4 is 5.56 Å². The smallest absolute Gasteiger partial charge is 0.265 e. The van der Waals surface area contributed by atoms with E-state index in [1.165, 1.54) is 0 Å². The lowest BCUT2D eigenvalue weighted by Gasteiger charge is -2.03. The molecule has 0 saturated heterocycles. The molecule has 0 atom stereocenters. The molecule has 0 aromatic carbocycles. The Morgan fingerprint density at radius 2 is 2.27 bits per heavy atom. The van der Waals surface area contributed by atoms with Gasteiger partial charge in [0.25, 0.3) is 5.56 Å². The molecule has 0 amide bonds. The molecule has 0 spiro atoms. The fourth-order valence-corrected chi connectivity index (χ4v) is 1.56. The van der Waals surface area contributed by atoms with Crippen LogP contribution in [0.15, 0.2) is 35.4 Å². The first kappa shape index (κ1) is 9.65. The minimum absolute atomic E-state index is 0.0261. The first-order chi connectivity index (χ1) is 7.24. The minimum atomic E-state index is -0.0261. The van der Waals surface area contributed by atoms with Crippen molar-refractivity contribution in [3.05, 3.63) is 52.1 Å². The van der Waals surface area contributed by atoms with Gasteiger partial charge in [0, 0.05) is 12.4 Å². The van der Waals surface area contributed by atoms with Gasteiger partial charge < -0.3 is 0 Å². The van der Waals surface area contributed by atoms with Crippen LogP contribution in [0.1, 0.15) is 18.1 Å². The van der Waals surface area contributed by atoms with E-state index in [1.54, 1.807) is 22.9 Å². The highest BCUT2D eigenvalue weighted by Crippen LogP contribution is 2.05. The zero-order valence-electron chi connectivity index (χ0n) is 8.77. The van der Waals surface area contributed by atoms with Crippen LogP contribution in [0.4, 0.5) is 0 Å². The second-order valence-electron chi connectivity index (χ2n) is 3.40. The van der Waals surface area contributed by atoms with Crippen LogP contribution in [-0.2, 0) is 0 Å². The molecule has 3 nitrogen and oxygen atoms in total. The van der Waals surface area contributed by atoms with Crippen molar-refractivity contribution in [1.29, 1.82) is 0 Å². The second-order valence-corrected chi connectivity index (χ2v) is 3.40. The minimum Gasteiger partial charge on any atom is -0.268 e. The summed E-state index contributed by atoms with van der Waals surface area (Å²) in [5.41, 5.74) is 2.31. The van der Waals surface area contributed by atoms with Gasteiger partial charge in [-0.3, -0.25) is 9.20 Å². The fraction of sp³-hybridized carbons (Fsp3) is 0.167. The van der Waals surface area contributed by atoms with Gasteiger partial charge in [-0.15, -0.1) is 0 Å². The molecular formula is C12H12N2O. The van der Waals surface area contributed by atoms with Crippen LogP contribution in [0.2, 0.25) is 0 Å². The Hall–Kier alpha value is -1.90. The van der Waals surface area contributed by atoms with Crippen LogP contribution in [0.3, 0.4) is 0 Å². The maximum Gasteiger partial charge on any atom is 0.265 e. The van der Waals surface area contributed by atoms with Gasteiger partial charge in [-0.2, -0.15) is 0 Å². The van der Waals surface area contributed by atoms with E-state index in [0.717, 1.165) is 11.2 Å². The third-order valence-electron chi connectivity index (χ3n) is 2.30. The van der Waals surface area contributed by atoms with E-state index in [-0.39, 0.29) is 5.56 Å². The number of pyridine rings is 1. The molecule has 0 unspecified atom stereocenters. The van der Waals surface area contributed by atoms with Crippen LogP contribution in [0, 0.1) is 6.92 Å². The zero-order valence-corrected chi connectivity index (χ0v) is 8.77. The molecule has 3 heteroatoms. The molecule has 0 radical (unpaired) electrons. The molecule has 0 aliphatic heterocycles. The fourth-order valence-electron chi connectivity index (χ4n) is 1.56. The van der Waals surface area contributed by atoms with E-state index in [0.29, 0.717) is 5.56 Å². The largest absolute Gasteiger partial charge is 0.268 e. The Labute approximate surface area is 87.7 Å². The quantitative estimate of drug-likeness (QED) is 0.706. The highest BCUT2D eigenvalue weighted by atomic mass is 16.1. The van der Waals surface area contributed by atoms with Crippen LogP contribution in [0.5, 0.6) is 0 Å². The number of nitrogens with zero attached hydrogens (tertiary/aromatic N) is 2. The van der Waals surface area contributed by atoms with Gasteiger partial charge in [0.05, 0.1) is 5.56 Å². The van der Waals surface area contributed by atoms with Gasteiger partial charge in [0.15, 0.2) is 0 Å². The monoisotopic (exact) mass is 200 g/mol. The van der Waals surface area contributed by atoms with Crippen molar-refractivity contribution < 1.29 is 0 Å². The van der Waals surface area contributed by atoms with E-state index in [9.17, 15) is 4.79 Å². The maximum absolute atomic E-state index is 11.9. The molecule has 0 bridgehead atoms. The third-order valence-corrected chi connectivity index (χ3v) is 2.30. The Balaban J connectivity index is 2.86. The van der Waals surface area contributed by atoms with Crippen molar-refractivity contribution >= 4 is 11.7 Å². The Morgan fingerprint density at radius 3 is 3.00 bits per heavy atom. The van der Waals surface area contributed by atoms with E-state index in [4.69, 9.17) is 0 Å². The number of rotatable bonds is 1. The lowest BCUT2D eigenvalue weighted by atomic mass is 10.2.